The number of likely N-dealkylation sites (tertiary alicyclic amines) is 1. The highest BCUT2D eigenvalue weighted by Gasteiger charge is 2.34. The summed E-state index contributed by atoms with van der Waals surface area (Å²) in [5, 5.41) is 0. The lowest BCUT2D eigenvalue weighted by Crippen LogP contribution is -2.54. The number of imidazole rings is 1. The average molecular weight is 299 g/mol. The summed E-state index contributed by atoms with van der Waals surface area (Å²) in [5.41, 5.74) is 4.60. The zero-order valence-corrected chi connectivity index (χ0v) is 12.5. The maximum Gasteiger partial charge on any atom is 0.213 e. The number of aromatic nitrogens is 3. The molecule has 2 aliphatic heterocycles. The number of pyridine rings is 1. The number of hydrogen-bond acceptors (Lipinski definition) is 4. The first-order chi connectivity index (χ1) is 10.7. The third-order valence-electron chi connectivity index (χ3n) is 4.42. The number of halogens is 1. The van der Waals surface area contributed by atoms with Crippen LogP contribution >= 0.6 is 0 Å². The van der Waals surface area contributed by atoms with Gasteiger partial charge in [0.05, 0.1) is 11.9 Å². The summed E-state index contributed by atoms with van der Waals surface area (Å²) >= 11 is 0. The fourth-order valence-electron chi connectivity index (χ4n) is 3.19. The van der Waals surface area contributed by atoms with E-state index < -0.39 is 5.95 Å². The van der Waals surface area contributed by atoms with Crippen molar-refractivity contribution in [3.05, 3.63) is 42.2 Å². The van der Waals surface area contributed by atoms with Gasteiger partial charge in [-0.05, 0) is 44.1 Å². The second kappa shape index (κ2) is 4.91. The van der Waals surface area contributed by atoms with E-state index in [2.05, 4.69) is 33.3 Å². The summed E-state index contributed by atoms with van der Waals surface area (Å²) in [4.78, 5) is 10.8. The summed E-state index contributed by atoms with van der Waals surface area (Å²) in [5.74, 6) is 0.319. The zero-order valence-electron chi connectivity index (χ0n) is 12.5. The van der Waals surface area contributed by atoms with E-state index in [-0.39, 0.29) is 5.66 Å². The molecule has 4 rings (SSSR count). The van der Waals surface area contributed by atoms with Gasteiger partial charge in [-0.25, -0.2) is 14.6 Å². The van der Waals surface area contributed by atoms with Crippen LogP contribution in [0.3, 0.4) is 0 Å². The Kier molecular flexibility index (Phi) is 3.00. The lowest BCUT2D eigenvalue weighted by molar-refractivity contribution is 0.195. The van der Waals surface area contributed by atoms with Crippen LogP contribution in [0.2, 0.25) is 0 Å². The van der Waals surface area contributed by atoms with Crippen molar-refractivity contribution in [2.24, 2.45) is 0 Å². The molecule has 1 N–H and O–H groups in total. The maximum absolute atomic E-state index is 13.4. The quantitative estimate of drug-likeness (QED) is 0.865. The monoisotopic (exact) mass is 299 g/mol. The fraction of sp³-hybridized carbons (Fsp3) is 0.375. The van der Waals surface area contributed by atoms with Crippen molar-refractivity contribution in [1.29, 1.82) is 0 Å². The van der Waals surface area contributed by atoms with E-state index in [0.29, 0.717) is 5.69 Å². The van der Waals surface area contributed by atoms with Gasteiger partial charge in [-0.3, -0.25) is 4.90 Å². The van der Waals surface area contributed by atoms with E-state index in [4.69, 9.17) is 0 Å². The Bertz CT molecular complexity index is 732. The summed E-state index contributed by atoms with van der Waals surface area (Å²) in [6, 6.07) is 4.80. The third kappa shape index (κ3) is 2.11. The van der Waals surface area contributed by atoms with Gasteiger partial charge in [-0.2, -0.15) is 4.39 Å². The molecule has 1 unspecified atom stereocenters. The number of hydrogen-bond donors (Lipinski definition) is 1. The molecule has 4 heterocycles. The van der Waals surface area contributed by atoms with Crippen LogP contribution < -0.4 is 5.43 Å². The predicted molar refractivity (Wildman–Crippen MR) is 83.0 cm³/mol. The summed E-state index contributed by atoms with van der Waals surface area (Å²) < 4.78 is 15.3. The van der Waals surface area contributed by atoms with Crippen molar-refractivity contribution in [1.82, 2.24) is 19.5 Å². The van der Waals surface area contributed by atoms with E-state index in [0.717, 1.165) is 24.6 Å². The van der Waals surface area contributed by atoms with Crippen LogP contribution in [0.1, 0.15) is 25.6 Å². The lowest BCUT2D eigenvalue weighted by atomic mass is 10.1. The Labute approximate surface area is 128 Å². The standard InChI is InChI=1S/C16H18FN5/c1-16(21-9-2-3-10-21)8-7-15-18-11-13(22(15)20-16)12-5-4-6-14(17)19-12/h4-8,11,20H,2-3,9-10H2,1H3. The van der Waals surface area contributed by atoms with Crippen molar-refractivity contribution in [2.75, 3.05) is 18.5 Å². The predicted octanol–water partition coefficient (Wildman–Crippen LogP) is 2.47. The average Bonchev–Trinajstić information content (AvgIpc) is 3.16. The van der Waals surface area contributed by atoms with Crippen molar-refractivity contribution < 1.29 is 4.39 Å². The number of nitrogens with zero attached hydrogens (tertiary/aromatic N) is 4. The summed E-state index contributed by atoms with van der Waals surface area (Å²) in [6.07, 6.45) is 8.33. The molecule has 0 aromatic carbocycles. The highest BCUT2D eigenvalue weighted by Crippen LogP contribution is 2.28. The van der Waals surface area contributed by atoms with E-state index >= 15 is 0 Å². The molecule has 0 amide bonds. The molecule has 6 heteroatoms. The van der Waals surface area contributed by atoms with Gasteiger partial charge in [0.1, 0.15) is 11.4 Å². The molecule has 1 atom stereocenters. The van der Waals surface area contributed by atoms with E-state index in [1.807, 2.05) is 10.8 Å². The van der Waals surface area contributed by atoms with Crippen LogP contribution in [0.4, 0.5) is 4.39 Å². The lowest BCUT2D eigenvalue weighted by Gasteiger charge is -2.40. The Morgan fingerprint density at radius 1 is 1.27 bits per heavy atom. The normalized spacial score (nSPS) is 24.3. The van der Waals surface area contributed by atoms with Crippen LogP contribution in [-0.4, -0.2) is 38.3 Å². The zero-order chi connectivity index (χ0) is 15.2. The van der Waals surface area contributed by atoms with Gasteiger partial charge in [-0.1, -0.05) is 6.07 Å². The molecule has 1 fully saturated rings. The Balaban J connectivity index is 1.73. The number of rotatable bonds is 2. The molecule has 0 radical (unpaired) electrons. The second-order valence-electron chi connectivity index (χ2n) is 5.97. The molecule has 2 aromatic heterocycles. The van der Waals surface area contributed by atoms with Gasteiger partial charge in [0.15, 0.2) is 5.82 Å². The van der Waals surface area contributed by atoms with Gasteiger partial charge in [0.25, 0.3) is 0 Å². The third-order valence-corrected chi connectivity index (χ3v) is 4.42. The fourth-order valence-corrected chi connectivity index (χ4v) is 3.19. The molecule has 0 bridgehead atoms. The van der Waals surface area contributed by atoms with Gasteiger partial charge < -0.3 is 5.43 Å². The van der Waals surface area contributed by atoms with E-state index in [1.165, 1.54) is 18.9 Å². The van der Waals surface area contributed by atoms with Crippen LogP contribution in [0, 0.1) is 5.95 Å². The topological polar surface area (TPSA) is 46.0 Å². The maximum atomic E-state index is 13.4. The van der Waals surface area contributed by atoms with Crippen LogP contribution in [-0.2, 0) is 0 Å². The Morgan fingerprint density at radius 3 is 2.86 bits per heavy atom. The Morgan fingerprint density at radius 2 is 2.09 bits per heavy atom. The molecule has 114 valence electrons. The largest absolute Gasteiger partial charge is 0.300 e. The van der Waals surface area contributed by atoms with Gasteiger partial charge in [-0.15, -0.1) is 0 Å². The molecule has 22 heavy (non-hydrogen) atoms. The smallest absolute Gasteiger partial charge is 0.213 e. The van der Waals surface area contributed by atoms with E-state index in [1.54, 1.807) is 18.3 Å². The Hall–Kier alpha value is -2.21. The first-order valence-electron chi connectivity index (χ1n) is 7.59. The number of nitrogens with one attached hydrogen (secondary N) is 1. The minimum Gasteiger partial charge on any atom is -0.300 e. The second-order valence-corrected chi connectivity index (χ2v) is 5.97. The molecular formula is C16H18FN5. The van der Waals surface area contributed by atoms with E-state index in [9.17, 15) is 4.39 Å². The SMILES string of the molecule is CC1(N2CCCC2)C=Cc2ncc(-c3cccc(F)n3)n2N1. The van der Waals surface area contributed by atoms with Crippen molar-refractivity contribution >= 4 is 6.08 Å². The molecule has 5 nitrogen and oxygen atoms in total. The molecular weight excluding hydrogens is 281 g/mol. The minimum atomic E-state index is -0.485. The first kappa shape index (κ1) is 13.5. The molecule has 1 saturated heterocycles. The highest BCUT2D eigenvalue weighted by atomic mass is 19.1. The molecule has 2 aromatic rings. The summed E-state index contributed by atoms with van der Waals surface area (Å²) in [7, 11) is 0. The van der Waals surface area contributed by atoms with Crippen molar-refractivity contribution in [3.63, 3.8) is 0 Å². The van der Waals surface area contributed by atoms with Crippen LogP contribution in [0.25, 0.3) is 17.5 Å². The van der Waals surface area contributed by atoms with Gasteiger partial charge in [0.2, 0.25) is 5.95 Å². The highest BCUT2D eigenvalue weighted by molar-refractivity contribution is 5.60. The molecule has 0 spiro atoms. The molecule has 2 aliphatic rings. The van der Waals surface area contributed by atoms with Crippen LogP contribution in [0.5, 0.6) is 0 Å². The van der Waals surface area contributed by atoms with Gasteiger partial charge in [0, 0.05) is 13.1 Å². The van der Waals surface area contributed by atoms with Crippen LogP contribution in [0.15, 0.2) is 30.5 Å². The first-order valence-corrected chi connectivity index (χ1v) is 7.59. The van der Waals surface area contributed by atoms with Crippen molar-refractivity contribution in [3.8, 4) is 11.4 Å². The number of fused-ring (bicyclic) bond motifs is 1. The van der Waals surface area contributed by atoms with Crippen molar-refractivity contribution in [2.45, 2.75) is 25.4 Å². The van der Waals surface area contributed by atoms with Gasteiger partial charge >= 0.3 is 0 Å². The molecule has 0 aliphatic carbocycles. The summed E-state index contributed by atoms with van der Waals surface area (Å²) in [6.45, 7) is 4.30. The minimum absolute atomic E-state index is 0.258. The molecule has 0 saturated carbocycles.